The van der Waals surface area contributed by atoms with Gasteiger partial charge in [-0.2, -0.15) is 0 Å². The van der Waals surface area contributed by atoms with Gasteiger partial charge in [-0.05, 0) is 0 Å². The lowest BCUT2D eigenvalue weighted by Crippen LogP contribution is -1.95. The molecule has 0 bridgehead atoms. The second-order valence-electron chi connectivity index (χ2n) is 0.338. The summed E-state index contributed by atoms with van der Waals surface area (Å²) in [5.74, 6) is 0. The largest absolute Gasteiger partial charge is 0.277 e. The highest BCUT2D eigenvalue weighted by Crippen LogP contribution is 1.35. The number of nitrogens with zero attached hydrogens (tertiary/aromatic N) is 1. The lowest BCUT2D eigenvalue weighted by Gasteiger charge is -1.63. The van der Waals surface area contributed by atoms with Crippen molar-refractivity contribution in [1.82, 2.24) is 5.43 Å². The molecular formula is CH2N2O2. The molecular weight excluding hydrogens is 72.0 g/mol. The minimum Gasteiger partial charge on any atom is -0.277 e. The molecule has 0 heterocycles. The Bertz CT molecular complexity index is 36.9. The van der Waals surface area contributed by atoms with Gasteiger partial charge in [-0.3, -0.25) is 4.79 Å². The summed E-state index contributed by atoms with van der Waals surface area (Å²) in [6, 6.07) is 0. The van der Waals surface area contributed by atoms with Crippen LogP contribution in [0.15, 0.2) is 5.29 Å². The number of amides is 1. The van der Waals surface area contributed by atoms with E-state index in [9.17, 15) is 0 Å². The third-order valence-electron chi connectivity index (χ3n) is 0.105. The first-order chi connectivity index (χ1) is 2.41. The lowest BCUT2D eigenvalue weighted by molar-refractivity contribution is -0.109. The van der Waals surface area contributed by atoms with Crippen molar-refractivity contribution >= 4 is 6.41 Å². The van der Waals surface area contributed by atoms with Gasteiger partial charge in [0, 0.05) is 0 Å². The molecule has 0 aromatic carbocycles. The van der Waals surface area contributed by atoms with Crippen molar-refractivity contribution in [3.63, 3.8) is 0 Å². The number of carbonyl (C=O) groups is 1. The van der Waals surface area contributed by atoms with Gasteiger partial charge in [-0.25, -0.2) is 5.43 Å². The summed E-state index contributed by atoms with van der Waals surface area (Å²) in [5, 5.41) is 1.99. The molecule has 0 saturated heterocycles. The highest BCUT2D eigenvalue weighted by Gasteiger charge is 1.56. The van der Waals surface area contributed by atoms with Gasteiger partial charge in [0.15, 0.2) is 0 Å². The summed E-state index contributed by atoms with van der Waals surface area (Å²) in [6.07, 6.45) is 0.201. The van der Waals surface area contributed by atoms with Gasteiger partial charge in [0.05, 0.1) is 5.29 Å². The van der Waals surface area contributed by atoms with Gasteiger partial charge < -0.3 is 0 Å². The highest BCUT2D eigenvalue weighted by atomic mass is 16.3. The van der Waals surface area contributed by atoms with Crippen LogP contribution in [0.2, 0.25) is 0 Å². The van der Waals surface area contributed by atoms with Crippen LogP contribution in [0.3, 0.4) is 0 Å². The topological polar surface area (TPSA) is 58.5 Å². The third-order valence-corrected chi connectivity index (χ3v) is 0.105. The van der Waals surface area contributed by atoms with Crippen LogP contribution in [0.25, 0.3) is 0 Å². The maximum absolute atomic E-state index is 9.00. The fraction of sp³-hybridized carbons (Fsp3) is 0. The second-order valence-corrected chi connectivity index (χ2v) is 0.338. The van der Waals surface area contributed by atoms with Gasteiger partial charge >= 0.3 is 0 Å². The molecule has 0 aromatic rings. The quantitative estimate of drug-likeness (QED) is 0.270. The smallest absolute Gasteiger partial charge is 0.229 e. The van der Waals surface area contributed by atoms with Crippen molar-refractivity contribution < 1.29 is 4.79 Å². The first-order valence-electron chi connectivity index (χ1n) is 0.931. The summed E-state index contributed by atoms with van der Waals surface area (Å²) < 4.78 is 0. The number of carbonyl (C=O) groups excluding carboxylic acids is 1. The van der Waals surface area contributed by atoms with Gasteiger partial charge in [0.25, 0.3) is 0 Å². The molecule has 0 aliphatic carbocycles. The average molecular weight is 74.0 g/mol. The molecule has 0 unspecified atom stereocenters. The van der Waals surface area contributed by atoms with Crippen molar-refractivity contribution in [3.8, 4) is 0 Å². The van der Waals surface area contributed by atoms with Crippen molar-refractivity contribution in [2.45, 2.75) is 0 Å². The van der Waals surface area contributed by atoms with E-state index in [0.29, 0.717) is 0 Å². The van der Waals surface area contributed by atoms with Crippen LogP contribution in [-0.4, -0.2) is 6.41 Å². The zero-order chi connectivity index (χ0) is 4.12. The molecule has 0 aliphatic heterocycles. The molecule has 0 atom stereocenters. The maximum Gasteiger partial charge on any atom is 0.229 e. The zero-order valence-corrected chi connectivity index (χ0v) is 2.34. The number of rotatable bonds is 2. The first kappa shape index (κ1) is 4.07. The Labute approximate surface area is 28.1 Å². The molecule has 0 aromatic heterocycles. The van der Waals surface area contributed by atoms with Gasteiger partial charge in [0.2, 0.25) is 6.41 Å². The van der Waals surface area contributed by atoms with Crippen molar-refractivity contribution in [2.24, 2.45) is 5.29 Å². The Balaban J connectivity index is 2.65. The Morgan fingerprint density at radius 3 is 2.40 bits per heavy atom. The summed E-state index contributed by atoms with van der Waals surface area (Å²) in [5.41, 5.74) is 1.50. The van der Waals surface area contributed by atoms with Crippen LogP contribution < -0.4 is 5.43 Å². The highest BCUT2D eigenvalue weighted by molar-refractivity contribution is 5.44. The molecule has 0 fully saturated rings. The Morgan fingerprint density at radius 1 is 1.80 bits per heavy atom. The molecule has 0 saturated carbocycles. The predicted octanol–water partition coefficient (Wildman–Crippen LogP) is -0.586. The van der Waals surface area contributed by atoms with E-state index in [1.807, 2.05) is 5.29 Å². The van der Waals surface area contributed by atoms with E-state index in [1.165, 1.54) is 5.43 Å². The van der Waals surface area contributed by atoms with Crippen LogP contribution in [0, 0.1) is 4.91 Å². The molecule has 4 heteroatoms. The van der Waals surface area contributed by atoms with E-state index in [4.69, 9.17) is 9.70 Å². The molecule has 1 N–H and O–H groups in total. The first-order valence-corrected chi connectivity index (χ1v) is 0.931. The Hall–Kier alpha value is -0.930. The molecule has 0 radical (unpaired) electrons. The maximum atomic E-state index is 9.00. The monoisotopic (exact) mass is 74.0 g/mol. The normalized spacial score (nSPS) is 5.60. The van der Waals surface area contributed by atoms with E-state index in [1.54, 1.807) is 0 Å². The van der Waals surface area contributed by atoms with Crippen LogP contribution in [0.4, 0.5) is 0 Å². The molecule has 5 heavy (non-hydrogen) atoms. The van der Waals surface area contributed by atoms with Crippen LogP contribution in [0.1, 0.15) is 0 Å². The molecule has 0 aliphatic rings. The summed E-state index contributed by atoms with van der Waals surface area (Å²) in [6.45, 7) is 0. The second kappa shape index (κ2) is 3.07. The van der Waals surface area contributed by atoms with Gasteiger partial charge in [0.1, 0.15) is 0 Å². The number of hydrogen-bond acceptors (Lipinski definition) is 3. The standard InChI is InChI=1S/CH2N2O2/c4-1-2-3-5/h1H,(H,2,4,5). The number of nitrogens with one attached hydrogen (secondary N) is 1. The van der Waals surface area contributed by atoms with Crippen LogP contribution >= 0.6 is 0 Å². The van der Waals surface area contributed by atoms with Crippen molar-refractivity contribution in [3.05, 3.63) is 4.91 Å². The predicted molar refractivity (Wildman–Crippen MR) is 15.0 cm³/mol. The van der Waals surface area contributed by atoms with Gasteiger partial charge in [-0.15, -0.1) is 4.91 Å². The lowest BCUT2D eigenvalue weighted by atomic mass is 11.4. The fourth-order valence-electron chi connectivity index (χ4n) is 0.0215. The molecule has 0 rings (SSSR count). The summed E-state index contributed by atoms with van der Waals surface area (Å²) in [7, 11) is 0. The van der Waals surface area contributed by atoms with E-state index in [2.05, 4.69) is 0 Å². The number of nitroso groups, excluding NO2 is 1. The van der Waals surface area contributed by atoms with E-state index >= 15 is 0 Å². The fourth-order valence-corrected chi connectivity index (χ4v) is 0.0215. The van der Waals surface area contributed by atoms with Crippen molar-refractivity contribution in [2.75, 3.05) is 0 Å². The minimum absolute atomic E-state index is 0.201. The molecule has 4 nitrogen and oxygen atoms in total. The van der Waals surface area contributed by atoms with E-state index in [0.717, 1.165) is 0 Å². The van der Waals surface area contributed by atoms with Crippen molar-refractivity contribution in [1.29, 1.82) is 0 Å². The average Bonchev–Trinajstić information content (AvgIpc) is 1.41. The number of hydrogen-bond donors (Lipinski definition) is 1. The molecule has 0 spiro atoms. The molecule has 1 amide bonds. The van der Waals surface area contributed by atoms with Crippen LogP contribution in [0.5, 0.6) is 0 Å². The van der Waals surface area contributed by atoms with Crippen LogP contribution in [-0.2, 0) is 4.79 Å². The van der Waals surface area contributed by atoms with Gasteiger partial charge in [-0.1, -0.05) is 0 Å². The Kier molecular flexibility index (Phi) is 2.50. The van der Waals surface area contributed by atoms with E-state index in [-0.39, 0.29) is 6.41 Å². The SMILES string of the molecule is O=CNN=O. The Morgan fingerprint density at radius 2 is 2.40 bits per heavy atom. The van der Waals surface area contributed by atoms with E-state index < -0.39 is 0 Å². The summed E-state index contributed by atoms with van der Waals surface area (Å²) >= 11 is 0. The summed E-state index contributed by atoms with van der Waals surface area (Å²) in [4.78, 5) is 17.8. The zero-order valence-electron chi connectivity index (χ0n) is 2.34. The minimum atomic E-state index is 0.201. The molecule has 28 valence electrons. The third kappa shape index (κ3) is 3.07.